The molecule has 0 radical (unpaired) electrons. The smallest absolute Gasteiger partial charge is 0.00713 e. The first-order valence-corrected chi connectivity index (χ1v) is 7.69. The molecule has 0 aliphatic carbocycles. The average molecular weight is 249 g/mol. The molecular weight excluding hydrogens is 226 g/mol. The van der Waals surface area contributed by atoms with Crippen molar-refractivity contribution < 1.29 is 0 Å². The molecular formula is C15H23NS. The SMILES string of the molecule is Cc1ccc(CCSC2CCNCC2)c(C)c1. The van der Waals surface area contributed by atoms with Crippen molar-refractivity contribution in [3.05, 3.63) is 34.9 Å². The van der Waals surface area contributed by atoms with Crippen molar-refractivity contribution in [2.75, 3.05) is 18.8 Å². The van der Waals surface area contributed by atoms with Crippen LogP contribution in [0.1, 0.15) is 29.5 Å². The normalized spacial score (nSPS) is 17.3. The van der Waals surface area contributed by atoms with Crippen molar-refractivity contribution in [2.24, 2.45) is 0 Å². The molecule has 0 saturated carbocycles. The molecule has 2 rings (SSSR count). The Morgan fingerprint density at radius 3 is 2.71 bits per heavy atom. The summed E-state index contributed by atoms with van der Waals surface area (Å²) < 4.78 is 0. The summed E-state index contributed by atoms with van der Waals surface area (Å²) in [7, 11) is 0. The molecule has 94 valence electrons. The molecule has 1 fully saturated rings. The van der Waals surface area contributed by atoms with Crippen LogP contribution in [0.3, 0.4) is 0 Å². The molecule has 17 heavy (non-hydrogen) atoms. The van der Waals surface area contributed by atoms with Crippen molar-refractivity contribution in [1.29, 1.82) is 0 Å². The molecule has 1 aliphatic heterocycles. The van der Waals surface area contributed by atoms with E-state index in [4.69, 9.17) is 0 Å². The van der Waals surface area contributed by atoms with Crippen LogP contribution in [-0.2, 0) is 6.42 Å². The van der Waals surface area contributed by atoms with Gasteiger partial charge in [0.15, 0.2) is 0 Å². The Hall–Kier alpha value is -0.470. The third-order valence-electron chi connectivity index (χ3n) is 3.51. The van der Waals surface area contributed by atoms with Gasteiger partial charge in [-0.15, -0.1) is 0 Å². The summed E-state index contributed by atoms with van der Waals surface area (Å²) in [5.74, 6) is 1.27. The zero-order valence-corrected chi connectivity index (χ0v) is 11.8. The minimum atomic E-state index is 0.891. The van der Waals surface area contributed by atoms with Crippen molar-refractivity contribution in [1.82, 2.24) is 5.32 Å². The highest BCUT2D eigenvalue weighted by Gasteiger charge is 2.12. The van der Waals surface area contributed by atoms with Gasteiger partial charge < -0.3 is 5.32 Å². The zero-order valence-electron chi connectivity index (χ0n) is 11.0. The fourth-order valence-corrected chi connectivity index (χ4v) is 3.66. The Kier molecular flexibility index (Phi) is 4.93. The molecule has 1 N–H and O–H groups in total. The van der Waals surface area contributed by atoms with Crippen LogP contribution < -0.4 is 5.32 Å². The standard InChI is InChI=1S/C15H23NS/c1-12-3-4-14(13(2)11-12)7-10-17-15-5-8-16-9-6-15/h3-4,11,15-16H,5-10H2,1-2H3. The number of benzene rings is 1. The van der Waals surface area contributed by atoms with Crippen LogP contribution in [0.25, 0.3) is 0 Å². The van der Waals surface area contributed by atoms with Crippen molar-refractivity contribution in [2.45, 2.75) is 38.4 Å². The Morgan fingerprint density at radius 1 is 1.24 bits per heavy atom. The van der Waals surface area contributed by atoms with Gasteiger partial charge in [-0.2, -0.15) is 11.8 Å². The van der Waals surface area contributed by atoms with Gasteiger partial charge >= 0.3 is 0 Å². The molecule has 0 aromatic heterocycles. The van der Waals surface area contributed by atoms with E-state index in [0.29, 0.717) is 0 Å². The van der Waals surface area contributed by atoms with Crippen molar-refractivity contribution in [3.63, 3.8) is 0 Å². The number of nitrogens with one attached hydrogen (secondary N) is 1. The number of hydrogen-bond acceptors (Lipinski definition) is 2. The average Bonchev–Trinajstić information content (AvgIpc) is 2.33. The van der Waals surface area contributed by atoms with Gasteiger partial charge in [-0.25, -0.2) is 0 Å². The molecule has 0 atom stereocenters. The minimum Gasteiger partial charge on any atom is -0.317 e. The quantitative estimate of drug-likeness (QED) is 0.878. The summed E-state index contributed by atoms with van der Waals surface area (Å²) in [5, 5.41) is 4.32. The van der Waals surface area contributed by atoms with Gasteiger partial charge in [0.2, 0.25) is 0 Å². The molecule has 1 heterocycles. The highest BCUT2D eigenvalue weighted by atomic mass is 32.2. The van der Waals surface area contributed by atoms with Gasteiger partial charge in [0.05, 0.1) is 0 Å². The summed E-state index contributed by atoms with van der Waals surface area (Å²) in [6.07, 6.45) is 3.91. The van der Waals surface area contributed by atoms with E-state index < -0.39 is 0 Å². The molecule has 0 spiro atoms. The van der Waals surface area contributed by atoms with E-state index in [-0.39, 0.29) is 0 Å². The number of thioether (sulfide) groups is 1. The lowest BCUT2D eigenvalue weighted by molar-refractivity contribution is 0.531. The highest BCUT2D eigenvalue weighted by Crippen LogP contribution is 2.22. The van der Waals surface area contributed by atoms with Crippen LogP contribution >= 0.6 is 11.8 Å². The molecule has 1 aliphatic rings. The molecule has 2 heteroatoms. The number of hydrogen-bond donors (Lipinski definition) is 1. The van der Waals surface area contributed by atoms with E-state index in [2.05, 4.69) is 49.1 Å². The Labute approximate surface area is 109 Å². The molecule has 1 aromatic rings. The lowest BCUT2D eigenvalue weighted by Crippen LogP contribution is -2.29. The van der Waals surface area contributed by atoms with Crippen molar-refractivity contribution >= 4 is 11.8 Å². The van der Waals surface area contributed by atoms with Crippen LogP contribution in [0.5, 0.6) is 0 Å². The molecule has 0 amide bonds. The van der Waals surface area contributed by atoms with Crippen LogP contribution in [0.4, 0.5) is 0 Å². The second-order valence-electron chi connectivity index (χ2n) is 5.00. The predicted octanol–water partition coefficient (Wildman–Crippen LogP) is 3.33. The third kappa shape index (κ3) is 4.04. The number of piperidine rings is 1. The molecule has 0 bridgehead atoms. The Bertz CT molecular complexity index is 356. The lowest BCUT2D eigenvalue weighted by atomic mass is 10.0. The first-order chi connectivity index (χ1) is 8.25. The van der Waals surface area contributed by atoms with Crippen LogP contribution in [0.2, 0.25) is 0 Å². The second kappa shape index (κ2) is 6.46. The first kappa shape index (κ1) is 13.0. The highest BCUT2D eigenvalue weighted by molar-refractivity contribution is 7.99. The van der Waals surface area contributed by atoms with Gasteiger partial charge in [0, 0.05) is 5.25 Å². The Balaban J connectivity index is 1.77. The van der Waals surface area contributed by atoms with E-state index in [9.17, 15) is 0 Å². The monoisotopic (exact) mass is 249 g/mol. The maximum atomic E-state index is 3.42. The van der Waals surface area contributed by atoms with Gasteiger partial charge in [-0.05, 0) is 63.1 Å². The van der Waals surface area contributed by atoms with Crippen LogP contribution in [0.15, 0.2) is 18.2 Å². The lowest BCUT2D eigenvalue weighted by Gasteiger charge is -2.22. The van der Waals surface area contributed by atoms with E-state index in [1.165, 1.54) is 54.8 Å². The summed E-state index contributed by atoms with van der Waals surface area (Å²) in [6, 6.07) is 6.83. The van der Waals surface area contributed by atoms with Crippen LogP contribution in [-0.4, -0.2) is 24.1 Å². The van der Waals surface area contributed by atoms with E-state index in [1.54, 1.807) is 0 Å². The maximum absolute atomic E-state index is 3.42. The summed E-state index contributed by atoms with van der Waals surface area (Å²) in [6.45, 7) is 6.82. The van der Waals surface area contributed by atoms with Gasteiger partial charge in [-0.1, -0.05) is 23.8 Å². The second-order valence-corrected chi connectivity index (χ2v) is 6.41. The summed E-state index contributed by atoms with van der Waals surface area (Å²) in [4.78, 5) is 0. The topological polar surface area (TPSA) is 12.0 Å². The largest absolute Gasteiger partial charge is 0.317 e. The number of rotatable bonds is 4. The van der Waals surface area contributed by atoms with E-state index >= 15 is 0 Å². The Morgan fingerprint density at radius 2 is 2.00 bits per heavy atom. The predicted molar refractivity (Wildman–Crippen MR) is 78.0 cm³/mol. The fraction of sp³-hybridized carbons (Fsp3) is 0.600. The summed E-state index contributed by atoms with van der Waals surface area (Å²) in [5.41, 5.74) is 4.35. The first-order valence-electron chi connectivity index (χ1n) is 6.64. The molecule has 1 aromatic carbocycles. The van der Waals surface area contributed by atoms with Gasteiger partial charge in [0.25, 0.3) is 0 Å². The van der Waals surface area contributed by atoms with Gasteiger partial charge in [0.1, 0.15) is 0 Å². The molecule has 0 unspecified atom stereocenters. The van der Waals surface area contributed by atoms with E-state index in [0.717, 1.165) is 5.25 Å². The zero-order chi connectivity index (χ0) is 12.1. The van der Waals surface area contributed by atoms with E-state index in [1.807, 2.05) is 0 Å². The minimum absolute atomic E-state index is 0.891. The maximum Gasteiger partial charge on any atom is 0.00713 e. The molecule has 1 nitrogen and oxygen atoms in total. The van der Waals surface area contributed by atoms with Crippen molar-refractivity contribution in [3.8, 4) is 0 Å². The fourth-order valence-electron chi connectivity index (χ4n) is 2.42. The van der Waals surface area contributed by atoms with Gasteiger partial charge in [-0.3, -0.25) is 0 Å². The third-order valence-corrected chi connectivity index (χ3v) is 4.89. The molecule has 1 saturated heterocycles. The number of aryl methyl sites for hydroxylation is 3. The van der Waals surface area contributed by atoms with Crippen LogP contribution in [0, 0.1) is 13.8 Å². The summed E-state index contributed by atoms with van der Waals surface area (Å²) >= 11 is 2.17.